The monoisotopic (exact) mass is 199 g/mol. The number of hydrogen-bond acceptors (Lipinski definition) is 3. The zero-order chi connectivity index (χ0) is 10.7. The van der Waals surface area contributed by atoms with Gasteiger partial charge in [-0.05, 0) is 12.1 Å². The second kappa shape index (κ2) is 3.82. The quantitative estimate of drug-likeness (QED) is 0.587. The molecule has 0 aliphatic carbocycles. The normalized spacial score (nSPS) is 9.79. The third-order valence-corrected chi connectivity index (χ3v) is 1.64. The lowest BCUT2D eigenvalue weighted by Crippen LogP contribution is -2.09. The number of nitrogens with zero attached hydrogens (tertiary/aromatic N) is 1. The second-order valence-electron chi connectivity index (χ2n) is 2.56. The van der Waals surface area contributed by atoms with E-state index in [1.165, 1.54) is 6.07 Å². The van der Waals surface area contributed by atoms with Crippen LogP contribution in [0, 0.1) is 15.9 Å². The minimum atomic E-state index is -1.37. The number of hydrogen-bond donors (Lipinski definition) is 1. The fourth-order valence-electron chi connectivity index (χ4n) is 1.05. The van der Waals surface area contributed by atoms with Crippen molar-refractivity contribution in [1.82, 2.24) is 0 Å². The highest BCUT2D eigenvalue weighted by atomic mass is 19.1. The lowest BCUT2D eigenvalue weighted by Gasteiger charge is -2.02. The molecule has 1 rings (SSSR count). The van der Waals surface area contributed by atoms with E-state index >= 15 is 0 Å². The molecular formula is C8H6FNO4. The van der Waals surface area contributed by atoms with Crippen LogP contribution in [0.5, 0.6) is 0 Å². The Bertz CT molecular complexity index is 391. The molecular weight excluding hydrogens is 193 g/mol. The minimum Gasteiger partial charge on any atom is -0.478 e. The van der Waals surface area contributed by atoms with Gasteiger partial charge in [-0.25, -0.2) is 9.18 Å². The van der Waals surface area contributed by atoms with Gasteiger partial charge < -0.3 is 5.11 Å². The van der Waals surface area contributed by atoms with Crippen LogP contribution < -0.4 is 0 Å². The molecule has 6 heteroatoms. The van der Waals surface area contributed by atoms with Crippen molar-refractivity contribution in [3.8, 4) is 0 Å². The molecule has 0 aliphatic rings. The summed E-state index contributed by atoms with van der Waals surface area (Å²) in [5, 5.41) is 18.8. The van der Waals surface area contributed by atoms with Crippen LogP contribution >= 0.6 is 0 Å². The zero-order valence-corrected chi connectivity index (χ0v) is 6.94. The van der Waals surface area contributed by atoms with Crippen molar-refractivity contribution < 1.29 is 19.2 Å². The van der Waals surface area contributed by atoms with Crippen LogP contribution in [0.4, 0.5) is 4.39 Å². The SMILES string of the molecule is O=C(O)c1cccc(F)c1C[N+](=O)[O-]. The number of carbonyl (C=O) groups is 1. The van der Waals surface area contributed by atoms with Gasteiger partial charge in [-0.1, -0.05) is 6.07 Å². The van der Waals surface area contributed by atoms with E-state index in [0.29, 0.717) is 0 Å². The summed E-state index contributed by atoms with van der Waals surface area (Å²) in [5.41, 5.74) is -0.772. The van der Waals surface area contributed by atoms with Gasteiger partial charge in [0.25, 0.3) is 0 Å². The Balaban J connectivity index is 3.22. The molecule has 0 bridgehead atoms. The Morgan fingerprint density at radius 1 is 1.57 bits per heavy atom. The largest absolute Gasteiger partial charge is 0.478 e. The molecule has 0 aromatic heterocycles. The Morgan fingerprint density at radius 2 is 2.21 bits per heavy atom. The molecule has 0 heterocycles. The fourth-order valence-corrected chi connectivity index (χ4v) is 1.05. The zero-order valence-electron chi connectivity index (χ0n) is 6.94. The number of carboxylic acid groups (broad SMARTS) is 1. The van der Waals surface area contributed by atoms with E-state index in [1.54, 1.807) is 0 Å². The highest BCUT2D eigenvalue weighted by Crippen LogP contribution is 2.14. The molecule has 0 aliphatic heterocycles. The number of benzene rings is 1. The first kappa shape index (κ1) is 10.1. The van der Waals surface area contributed by atoms with Gasteiger partial charge in [-0.3, -0.25) is 10.1 Å². The summed E-state index contributed by atoms with van der Waals surface area (Å²) >= 11 is 0. The van der Waals surface area contributed by atoms with Gasteiger partial charge in [0, 0.05) is 4.92 Å². The molecule has 0 amide bonds. The summed E-state index contributed by atoms with van der Waals surface area (Å²) in [6.45, 7) is -0.825. The maximum Gasteiger partial charge on any atom is 0.336 e. The Morgan fingerprint density at radius 3 is 2.71 bits per heavy atom. The van der Waals surface area contributed by atoms with E-state index in [9.17, 15) is 19.3 Å². The van der Waals surface area contributed by atoms with E-state index in [0.717, 1.165) is 12.1 Å². The molecule has 0 saturated carbocycles. The van der Waals surface area contributed by atoms with Gasteiger partial charge in [0.2, 0.25) is 6.54 Å². The Kier molecular flexibility index (Phi) is 2.76. The first-order valence-corrected chi connectivity index (χ1v) is 3.65. The van der Waals surface area contributed by atoms with Crippen molar-refractivity contribution in [2.24, 2.45) is 0 Å². The average molecular weight is 199 g/mol. The third kappa shape index (κ3) is 2.03. The molecule has 0 saturated heterocycles. The summed E-state index contributed by atoms with van der Waals surface area (Å²) in [7, 11) is 0. The van der Waals surface area contributed by atoms with Crippen molar-refractivity contribution in [2.75, 3.05) is 0 Å². The predicted molar refractivity (Wildman–Crippen MR) is 44.1 cm³/mol. The van der Waals surface area contributed by atoms with Crippen LogP contribution in [-0.2, 0) is 6.54 Å². The molecule has 5 nitrogen and oxygen atoms in total. The maximum atomic E-state index is 13.0. The maximum absolute atomic E-state index is 13.0. The topological polar surface area (TPSA) is 80.4 Å². The van der Waals surface area contributed by atoms with Crippen molar-refractivity contribution in [3.63, 3.8) is 0 Å². The molecule has 0 atom stereocenters. The Hall–Kier alpha value is -1.98. The third-order valence-electron chi connectivity index (χ3n) is 1.64. The lowest BCUT2D eigenvalue weighted by atomic mass is 10.1. The predicted octanol–water partition coefficient (Wildman–Crippen LogP) is 1.30. The smallest absolute Gasteiger partial charge is 0.336 e. The van der Waals surface area contributed by atoms with Crippen LogP contribution in [0.25, 0.3) is 0 Å². The number of carboxylic acids is 1. The van der Waals surface area contributed by atoms with Crippen LogP contribution in [0.15, 0.2) is 18.2 Å². The van der Waals surface area contributed by atoms with Gasteiger partial charge in [0.1, 0.15) is 5.82 Å². The van der Waals surface area contributed by atoms with Crippen LogP contribution in [0.1, 0.15) is 15.9 Å². The fraction of sp³-hybridized carbons (Fsp3) is 0.125. The number of aromatic carboxylic acids is 1. The molecule has 14 heavy (non-hydrogen) atoms. The first-order valence-electron chi connectivity index (χ1n) is 3.65. The van der Waals surface area contributed by atoms with Crippen molar-refractivity contribution >= 4 is 5.97 Å². The lowest BCUT2D eigenvalue weighted by molar-refractivity contribution is -0.497. The van der Waals surface area contributed by atoms with E-state index in [4.69, 9.17) is 5.11 Å². The molecule has 0 fully saturated rings. The van der Waals surface area contributed by atoms with Crippen molar-refractivity contribution in [2.45, 2.75) is 6.54 Å². The van der Waals surface area contributed by atoms with Gasteiger partial charge >= 0.3 is 5.97 Å². The van der Waals surface area contributed by atoms with Crippen LogP contribution in [0.2, 0.25) is 0 Å². The molecule has 0 radical (unpaired) electrons. The average Bonchev–Trinajstić information content (AvgIpc) is 2.07. The molecule has 1 N–H and O–H groups in total. The van der Waals surface area contributed by atoms with E-state index < -0.39 is 28.8 Å². The van der Waals surface area contributed by atoms with Gasteiger partial charge in [0.05, 0.1) is 11.1 Å². The van der Waals surface area contributed by atoms with Gasteiger partial charge in [-0.15, -0.1) is 0 Å². The standard InChI is InChI=1S/C8H6FNO4/c9-7-3-1-2-5(8(11)12)6(7)4-10(13)14/h1-3H,4H2,(H,11,12). The summed E-state index contributed by atoms with van der Waals surface area (Å²) in [6.07, 6.45) is 0. The Labute approximate surface area is 77.9 Å². The van der Waals surface area contributed by atoms with E-state index in [-0.39, 0.29) is 5.56 Å². The summed E-state index contributed by atoms with van der Waals surface area (Å²) in [6, 6.07) is 3.32. The highest BCUT2D eigenvalue weighted by molar-refractivity contribution is 5.89. The van der Waals surface area contributed by atoms with Crippen molar-refractivity contribution in [3.05, 3.63) is 45.3 Å². The van der Waals surface area contributed by atoms with Crippen molar-refractivity contribution in [1.29, 1.82) is 0 Å². The number of halogens is 1. The van der Waals surface area contributed by atoms with Gasteiger partial charge in [0.15, 0.2) is 0 Å². The summed E-state index contributed by atoms with van der Waals surface area (Å²) in [4.78, 5) is 19.9. The molecule has 1 aromatic rings. The minimum absolute atomic E-state index is 0.373. The summed E-state index contributed by atoms with van der Waals surface area (Å²) < 4.78 is 13.0. The molecule has 1 aromatic carbocycles. The molecule has 0 spiro atoms. The first-order chi connectivity index (χ1) is 6.52. The van der Waals surface area contributed by atoms with Gasteiger partial charge in [-0.2, -0.15) is 0 Å². The van der Waals surface area contributed by atoms with Crippen LogP contribution in [-0.4, -0.2) is 16.0 Å². The second-order valence-corrected chi connectivity index (χ2v) is 2.56. The van der Waals surface area contributed by atoms with E-state index in [2.05, 4.69) is 0 Å². The summed E-state index contributed by atoms with van der Waals surface area (Å²) in [5.74, 6) is -2.25. The molecule has 74 valence electrons. The number of rotatable bonds is 3. The molecule has 0 unspecified atom stereocenters. The number of nitro groups is 1. The van der Waals surface area contributed by atoms with Crippen LogP contribution in [0.3, 0.4) is 0 Å². The van der Waals surface area contributed by atoms with E-state index in [1.807, 2.05) is 0 Å². The highest BCUT2D eigenvalue weighted by Gasteiger charge is 2.17.